The Morgan fingerprint density at radius 1 is 1.16 bits per heavy atom. The molecule has 132 valence electrons. The molecule has 0 amide bonds. The van der Waals surface area contributed by atoms with Crippen LogP contribution in [0.4, 0.5) is 13.2 Å². The molecule has 0 spiro atoms. The molecule has 2 heterocycles. The summed E-state index contributed by atoms with van der Waals surface area (Å²) in [5.74, 6) is 0. The van der Waals surface area contributed by atoms with Gasteiger partial charge in [-0.15, -0.1) is 3.77 Å². The molecule has 1 atom stereocenters. The minimum atomic E-state index is -4.65. The molecular weight excluding hydrogens is 397 g/mol. The molecular formula is C13H9F3N4O2S3. The van der Waals surface area contributed by atoms with Crippen molar-refractivity contribution in [1.29, 1.82) is 0 Å². The van der Waals surface area contributed by atoms with E-state index in [9.17, 15) is 21.6 Å². The van der Waals surface area contributed by atoms with Crippen LogP contribution >= 0.6 is 11.7 Å². The Labute approximate surface area is 147 Å². The second-order valence-electron chi connectivity index (χ2n) is 4.77. The summed E-state index contributed by atoms with van der Waals surface area (Å²) in [4.78, 5) is 3.49. The van der Waals surface area contributed by atoms with Gasteiger partial charge in [-0.2, -0.15) is 30.3 Å². The number of aromatic nitrogens is 3. The van der Waals surface area contributed by atoms with E-state index in [1.54, 1.807) is 6.07 Å². The number of fused-ring (bicyclic) bond motifs is 1. The van der Waals surface area contributed by atoms with Crippen LogP contribution in [0.1, 0.15) is 5.56 Å². The quantitative estimate of drug-likeness (QED) is 0.666. The number of benzene rings is 1. The SMILES string of the molecule is C[S@@](=NS(=O)(=O)c1cccc2nsnc12)c1ncccc1C(F)(F)F. The first kappa shape index (κ1) is 17.9. The van der Waals surface area contributed by atoms with Crippen LogP contribution < -0.4 is 0 Å². The minimum Gasteiger partial charge on any atom is -0.248 e. The van der Waals surface area contributed by atoms with Crippen molar-refractivity contribution in [3.8, 4) is 0 Å². The van der Waals surface area contributed by atoms with Crippen molar-refractivity contribution >= 4 is 43.5 Å². The van der Waals surface area contributed by atoms with E-state index in [-0.39, 0.29) is 10.4 Å². The van der Waals surface area contributed by atoms with Crippen LogP contribution in [-0.2, 0) is 26.9 Å². The van der Waals surface area contributed by atoms with Gasteiger partial charge < -0.3 is 0 Å². The molecule has 0 aliphatic rings. The molecule has 1 aromatic carbocycles. The lowest BCUT2D eigenvalue weighted by Crippen LogP contribution is -2.12. The van der Waals surface area contributed by atoms with Gasteiger partial charge in [-0.1, -0.05) is 6.07 Å². The third kappa shape index (κ3) is 3.55. The highest BCUT2D eigenvalue weighted by Gasteiger charge is 2.35. The van der Waals surface area contributed by atoms with E-state index in [0.29, 0.717) is 5.52 Å². The maximum atomic E-state index is 13.1. The first-order valence-electron chi connectivity index (χ1n) is 6.58. The normalized spacial score (nSPS) is 14.1. The molecule has 2 aromatic heterocycles. The van der Waals surface area contributed by atoms with Crippen molar-refractivity contribution in [2.45, 2.75) is 16.1 Å². The van der Waals surface area contributed by atoms with Crippen LogP contribution in [0.15, 0.2) is 50.2 Å². The van der Waals surface area contributed by atoms with Gasteiger partial charge in [0.1, 0.15) is 21.0 Å². The monoisotopic (exact) mass is 406 g/mol. The average Bonchev–Trinajstić information content (AvgIpc) is 3.02. The van der Waals surface area contributed by atoms with Crippen LogP contribution in [0.3, 0.4) is 0 Å². The van der Waals surface area contributed by atoms with Gasteiger partial charge in [0.15, 0.2) is 0 Å². The van der Waals surface area contributed by atoms with E-state index in [4.69, 9.17) is 0 Å². The summed E-state index contributed by atoms with van der Waals surface area (Å²) in [5, 5.41) is -0.429. The summed E-state index contributed by atoms with van der Waals surface area (Å²) in [6, 6.07) is 6.34. The van der Waals surface area contributed by atoms with Crippen molar-refractivity contribution in [2.75, 3.05) is 6.26 Å². The summed E-state index contributed by atoms with van der Waals surface area (Å²) >= 11 is 0.839. The third-order valence-corrected chi connectivity index (χ3v) is 7.09. The zero-order valence-electron chi connectivity index (χ0n) is 12.4. The summed E-state index contributed by atoms with van der Waals surface area (Å²) in [7, 11) is -5.86. The lowest BCUT2D eigenvalue weighted by molar-refractivity contribution is -0.140. The second-order valence-corrected chi connectivity index (χ2v) is 8.63. The fourth-order valence-electron chi connectivity index (χ4n) is 2.05. The van der Waals surface area contributed by atoms with Gasteiger partial charge in [-0.25, -0.2) is 4.98 Å². The van der Waals surface area contributed by atoms with Crippen LogP contribution in [0.25, 0.3) is 11.0 Å². The van der Waals surface area contributed by atoms with Crippen molar-refractivity contribution < 1.29 is 21.6 Å². The molecule has 0 saturated heterocycles. The van der Waals surface area contributed by atoms with E-state index in [1.807, 2.05) is 0 Å². The number of sulfonamides is 1. The largest absolute Gasteiger partial charge is 0.419 e. The number of alkyl halides is 3. The second kappa shape index (κ2) is 6.42. The molecule has 0 unspecified atom stereocenters. The predicted octanol–water partition coefficient (Wildman–Crippen LogP) is 3.28. The maximum Gasteiger partial charge on any atom is 0.419 e. The Kier molecular flexibility index (Phi) is 4.60. The average molecular weight is 406 g/mol. The number of hydrogen-bond donors (Lipinski definition) is 0. The Balaban J connectivity index is 2.13. The molecule has 0 aliphatic carbocycles. The Morgan fingerprint density at radius 3 is 2.64 bits per heavy atom. The van der Waals surface area contributed by atoms with Crippen LogP contribution in [0.5, 0.6) is 0 Å². The fourth-order valence-corrected chi connectivity index (χ4v) is 5.80. The summed E-state index contributed by atoms with van der Waals surface area (Å²) in [5.41, 5.74) is -0.482. The van der Waals surface area contributed by atoms with Crippen molar-refractivity contribution in [1.82, 2.24) is 13.7 Å². The Bertz CT molecular complexity index is 1080. The number of hydrogen-bond acceptors (Lipinski definition) is 6. The number of halogens is 3. The molecule has 0 bridgehead atoms. The first-order valence-corrected chi connectivity index (χ1v) is 10.3. The highest BCUT2D eigenvalue weighted by atomic mass is 32.3. The fraction of sp³-hybridized carbons (Fsp3) is 0.154. The van der Waals surface area contributed by atoms with E-state index in [1.165, 1.54) is 24.6 Å². The van der Waals surface area contributed by atoms with Crippen LogP contribution in [0, 0.1) is 0 Å². The zero-order chi connectivity index (χ0) is 18.2. The lowest BCUT2D eigenvalue weighted by Gasteiger charge is -2.11. The summed E-state index contributed by atoms with van der Waals surface area (Å²) in [6.45, 7) is 0. The van der Waals surface area contributed by atoms with Gasteiger partial charge in [-0.05, 0) is 41.2 Å². The third-order valence-electron chi connectivity index (χ3n) is 3.09. The van der Waals surface area contributed by atoms with Gasteiger partial charge in [0.2, 0.25) is 0 Å². The summed E-state index contributed by atoms with van der Waals surface area (Å²) in [6.07, 6.45) is -2.21. The molecule has 12 heteroatoms. The van der Waals surface area contributed by atoms with Gasteiger partial charge in [-0.3, -0.25) is 0 Å². The van der Waals surface area contributed by atoms with E-state index >= 15 is 0 Å². The molecule has 0 radical (unpaired) electrons. The highest BCUT2D eigenvalue weighted by molar-refractivity contribution is 8.00. The van der Waals surface area contributed by atoms with Crippen molar-refractivity contribution in [3.63, 3.8) is 0 Å². The van der Waals surface area contributed by atoms with Gasteiger partial charge in [0.25, 0.3) is 10.0 Å². The maximum absolute atomic E-state index is 13.1. The lowest BCUT2D eigenvalue weighted by atomic mass is 10.3. The predicted molar refractivity (Wildman–Crippen MR) is 87.8 cm³/mol. The zero-order valence-corrected chi connectivity index (χ0v) is 14.9. The molecule has 0 fully saturated rings. The first-order chi connectivity index (χ1) is 11.7. The smallest absolute Gasteiger partial charge is 0.248 e. The molecule has 25 heavy (non-hydrogen) atoms. The van der Waals surface area contributed by atoms with E-state index in [2.05, 4.69) is 17.5 Å². The molecule has 6 nitrogen and oxygen atoms in total. The van der Waals surface area contributed by atoms with Gasteiger partial charge >= 0.3 is 6.18 Å². The van der Waals surface area contributed by atoms with Gasteiger partial charge in [0, 0.05) is 6.20 Å². The highest BCUT2D eigenvalue weighted by Crippen LogP contribution is 2.33. The molecule has 0 N–H and O–H groups in total. The Morgan fingerprint density at radius 2 is 1.92 bits per heavy atom. The van der Waals surface area contributed by atoms with Gasteiger partial charge in [0.05, 0.1) is 17.3 Å². The van der Waals surface area contributed by atoms with Crippen molar-refractivity contribution in [2.24, 2.45) is 3.77 Å². The summed E-state index contributed by atoms with van der Waals surface area (Å²) < 4.78 is 75.9. The standard InChI is InChI=1S/C13H9F3N4O2S3/c1-24(12-8(13(14,15)16)4-3-7-17-12)20-25(21,22)10-6-2-5-9-11(10)19-23-18-9/h2-7H,1H3/t24-/m1/s1. The number of rotatable bonds is 3. The number of nitrogens with zero attached hydrogens (tertiary/aromatic N) is 4. The van der Waals surface area contributed by atoms with Crippen molar-refractivity contribution in [3.05, 3.63) is 42.1 Å². The molecule has 3 aromatic rings. The Hall–Kier alpha value is -1.92. The molecule has 0 saturated carbocycles. The molecule has 3 rings (SSSR count). The van der Waals surface area contributed by atoms with E-state index < -0.39 is 37.5 Å². The topological polar surface area (TPSA) is 85.2 Å². The van der Waals surface area contributed by atoms with Crippen LogP contribution in [-0.4, -0.2) is 28.4 Å². The number of pyridine rings is 1. The minimum absolute atomic E-state index is 0.144. The van der Waals surface area contributed by atoms with E-state index in [0.717, 1.165) is 23.9 Å². The van der Waals surface area contributed by atoms with Crippen LogP contribution in [0.2, 0.25) is 0 Å². The molecule has 0 aliphatic heterocycles.